The van der Waals surface area contributed by atoms with E-state index >= 15 is 0 Å². The number of anilines is 2. The number of benzene rings is 3. The van der Waals surface area contributed by atoms with Gasteiger partial charge in [0.05, 0.1) is 31.2 Å². The summed E-state index contributed by atoms with van der Waals surface area (Å²) in [5.74, 6) is -0.420. The minimum Gasteiger partial charge on any atom is -0.497 e. The maximum atomic E-state index is 13.6. The molecule has 1 N–H and O–H groups in total. The minimum atomic E-state index is -0.508. The van der Waals surface area contributed by atoms with Gasteiger partial charge in [-0.25, -0.2) is 9.29 Å². The molecule has 3 aromatic carbocycles. The number of halogens is 1. The maximum Gasteiger partial charge on any atom is 0.282 e. The molecule has 1 aliphatic heterocycles. The number of imide groups is 1. The van der Waals surface area contributed by atoms with Crippen LogP contribution in [0.25, 0.3) is 5.57 Å². The standard InChI is InChI=1S/C26H23FN2O4/c1-15-5-6-16(2)21(13-15)29-25(30)23(17-7-9-18(27)10-8-17)24(26(29)31)28-20-12-11-19(32-3)14-22(20)33-4/h5-14,28H,1-4H3. The SMILES string of the molecule is COc1ccc(NC2=C(c3ccc(F)cc3)C(=O)N(c3cc(C)ccc3C)C2=O)c(OC)c1. The fraction of sp³-hybridized carbons (Fsp3) is 0.154. The second-order valence-electron chi connectivity index (χ2n) is 7.68. The van der Waals surface area contributed by atoms with E-state index in [1.165, 1.54) is 38.5 Å². The van der Waals surface area contributed by atoms with E-state index in [2.05, 4.69) is 5.32 Å². The van der Waals surface area contributed by atoms with E-state index in [1.807, 2.05) is 26.0 Å². The third kappa shape index (κ3) is 4.05. The first-order valence-corrected chi connectivity index (χ1v) is 10.3. The zero-order valence-electron chi connectivity index (χ0n) is 18.7. The molecule has 0 saturated heterocycles. The van der Waals surface area contributed by atoms with Gasteiger partial charge in [-0.15, -0.1) is 0 Å². The van der Waals surface area contributed by atoms with E-state index in [-0.39, 0.29) is 11.3 Å². The van der Waals surface area contributed by atoms with E-state index in [1.54, 1.807) is 24.3 Å². The number of aryl methyl sites for hydroxylation is 2. The maximum absolute atomic E-state index is 13.6. The first kappa shape index (κ1) is 22.1. The minimum absolute atomic E-state index is 0.0796. The van der Waals surface area contributed by atoms with E-state index in [0.29, 0.717) is 28.4 Å². The molecule has 0 saturated carbocycles. The lowest BCUT2D eigenvalue weighted by molar-refractivity contribution is -0.120. The molecule has 0 aliphatic carbocycles. The summed E-state index contributed by atoms with van der Waals surface area (Å²) in [6, 6.07) is 16.1. The highest BCUT2D eigenvalue weighted by atomic mass is 19.1. The zero-order valence-corrected chi connectivity index (χ0v) is 18.7. The van der Waals surface area contributed by atoms with Gasteiger partial charge in [-0.05, 0) is 60.9 Å². The Bertz CT molecular complexity index is 1280. The van der Waals surface area contributed by atoms with Gasteiger partial charge < -0.3 is 14.8 Å². The third-order valence-electron chi connectivity index (χ3n) is 5.49. The van der Waals surface area contributed by atoms with Crippen LogP contribution in [0.4, 0.5) is 15.8 Å². The molecule has 6 nitrogen and oxygen atoms in total. The highest BCUT2D eigenvalue weighted by molar-refractivity contribution is 6.46. The Labute approximate surface area is 191 Å². The molecule has 1 heterocycles. The number of nitrogens with zero attached hydrogens (tertiary/aromatic N) is 1. The number of carbonyl (C=O) groups is 2. The van der Waals surface area contributed by atoms with Crippen LogP contribution in [-0.4, -0.2) is 26.0 Å². The van der Waals surface area contributed by atoms with Crippen molar-refractivity contribution in [2.24, 2.45) is 0 Å². The van der Waals surface area contributed by atoms with E-state index in [4.69, 9.17) is 9.47 Å². The smallest absolute Gasteiger partial charge is 0.282 e. The summed E-state index contributed by atoms with van der Waals surface area (Å²) in [6.07, 6.45) is 0. The van der Waals surface area contributed by atoms with Crippen LogP contribution >= 0.6 is 0 Å². The van der Waals surface area contributed by atoms with E-state index in [9.17, 15) is 14.0 Å². The van der Waals surface area contributed by atoms with Crippen molar-refractivity contribution in [2.45, 2.75) is 13.8 Å². The van der Waals surface area contributed by atoms with E-state index < -0.39 is 17.6 Å². The van der Waals surface area contributed by atoms with Crippen molar-refractivity contribution in [1.82, 2.24) is 0 Å². The third-order valence-corrected chi connectivity index (χ3v) is 5.49. The van der Waals surface area contributed by atoms with Crippen molar-refractivity contribution in [2.75, 3.05) is 24.4 Å². The van der Waals surface area contributed by atoms with Gasteiger partial charge >= 0.3 is 0 Å². The second kappa shape index (κ2) is 8.78. The van der Waals surface area contributed by atoms with Gasteiger partial charge in [0.25, 0.3) is 11.8 Å². The molecule has 2 amide bonds. The molecule has 168 valence electrons. The average Bonchev–Trinajstić information content (AvgIpc) is 3.05. The lowest BCUT2D eigenvalue weighted by Gasteiger charge is -2.19. The number of rotatable bonds is 6. The Morgan fingerprint density at radius 1 is 0.848 bits per heavy atom. The fourth-order valence-electron chi connectivity index (χ4n) is 3.75. The number of methoxy groups -OCH3 is 2. The monoisotopic (exact) mass is 446 g/mol. The number of hydrogen-bond donors (Lipinski definition) is 1. The van der Waals surface area contributed by atoms with Gasteiger partial charge in [-0.2, -0.15) is 0 Å². The van der Waals surface area contributed by atoms with Crippen LogP contribution in [0.15, 0.2) is 66.4 Å². The molecule has 7 heteroatoms. The van der Waals surface area contributed by atoms with Crippen molar-refractivity contribution >= 4 is 28.8 Å². The molecule has 0 aromatic heterocycles. The van der Waals surface area contributed by atoms with Crippen LogP contribution in [0.1, 0.15) is 16.7 Å². The zero-order chi connectivity index (χ0) is 23.7. The predicted octanol–water partition coefficient (Wildman–Crippen LogP) is 4.86. The predicted molar refractivity (Wildman–Crippen MR) is 125 cm³/mol. The normalized spacial score (nSPS) is 13.5. The number of nitrogens with one attached hydrogen (secondary N) is 1. The van der Waals surface area contributed by atoms with Crippen LogP contribution in [-0.2, 0) is 9.59 Å². The molecule has 33 heavy (non-hydrogen) atoms. The average molecular weight is 446 g/mol. The molecule has 0 atom stereocenters. The molecule has 0 bridgehead atoms. The molecule has 4 rings (SSSR count). The van der Waals surface area contributed by atoms with Gasteiger partial charge in [-0.1, -0.05) is 24.3 Å². The molecule has 0 unspecified atom stereocenters. The molecule has 3 aromatic rings. The molecular formula is C26H23FN2O4. The van der Waals surface area contributed by atoms with Crippen molar-refractivity contribution in [3.8, 4) is 11.5 Å². The first-order chi connectivity index (χ1) is 15.8. The summed E-state index contributed by atoms with van der Waals surface area (Å²) in [5, 5.41) is 3.08. The van der Waals surface area contributed by atoms with Crippen molar-refractivity contribution in [3.63, 3.8) is 0 Å². The highest BCUT2D eigenvalue weighted by Crippen LogP contribution is 2.37. The van der Waals surface area contributed by atoms with Gasteiger partial charge in [0.1, 0.15) is 23.0 Å². The number of carbonyl (C=O) groups excluding carboxylic acids is 2. The number of hydrogen-bond acceptors (Lipinski definition) is 5. The summed E-state index contributed by atoms with van der Waals surface area (Å²) in [4.78, 5) is 28.3. The Hall–Kier alpha value is -4.13. The van der Waals surface area contributed by atoms with Crippen LogP contribution in [0.2, 0.25) is 0 Å². The molecule has 0 spiro atoms. The lowest BCUT2D eigenvalue weighted by atomic mass is 10.0. The fourth-order valence-corrected chi connectivity index (χ4v) is 3.75. The van der Waals surface area contributed by atoms with Crippen LogP contribution < -0.4 is 19.7 Å². The first-order valence-electron chi connectivity index (χ1n) is 10.3. The number of amides is 2. The Kier molecular flexibility index (Phi) is 5.87. The van der Waals surface area contributed by atoms with Crippen LogP contribution in [0, 0.1) is 19.7 Å². The van der Waals surface area contributed by atoms with Crippen molar-refractivity contribution < 1.29 is 23.5 Å². The Morgan fingerprint density at radius 3 is 2.24 bits per heavy atom. The second-order valence-corrected chi connectivity index (χ2v) is 7.68. The molecule has 0 fully saturated rings. The molecule has 0 radical (unpaired) electrons. The van der Waals surface area contributed by atoms with E-state index in [0.717, 1.165) is 16.0 Å². The van der Waals surface area contributed by atoms with Crippen molar-refractivity contribution in [1.29, 1.82) is 0 Å². The summed E-state index contributed by atoms with van der Waals surface area (Å²) in [7, 11) is 3.04. The van der Waals surface area contributed by atoms with Gasteiger partial charge in [0, 0.05) is 6.07 Å². The topological polar surface area (TPSA) is 67.9 Å². The van der Waals surface area contributed by atoms with Crippen LogP contribution in [0.3, 0.4) is 0 Å². The molecule has 1 aliphatic rings. The van der Waals surface area contributed by atoms with Gasteiger partial charge in [0.2, 0.25) is 0 Å². The van der Waals surface area contributed by atoms with Crippen molar-refractivity contribution in [3.05, 3.63) is 88.9 Å². The highest BCUT2D eigenvalue weighted by Gasteiger charge is 2.41. The summed E-state index contributed by atoms with van der Waals surface area (Å²) in [5.41, 5.74) is 3.34. The summed E-state index contributed by atoms with van der Waals surface area (Å²) >= 11 is 0. The Balaban J connectivity index is 1.86. The molecular weight excluding hydrogens is 423 g/mol. The van der Waals surface area contributed by atoms with Crippen LogP contribution in [0.5, 0.6) is 11.5 Å². The summed E-state index contributed by atoms with van der Waals surface area (Å²) in [6.45, 7) is 3.73. The summed E-state index contributed by atoms with van der Waals surface area (Å²) < 4.78 is 24.3. The van der Waals surface area contributed by atoms with Gasteiger partial charge in [0.15, 0.2) is 0 Å². The number of ether oxygens (including phenoxy) is 2. The quantitative estimate of drug-likeness (QED) is 0.548. The Morgan fingerprint density at radius 2 is 1.58 bits per heavy atom. The van der Waals surface area contributed by atoms with Gasteiger partial charge in [-0.3, -0.25) is 9.59 Å². The lowest BCUT2D eigenvalue weighted by Crippen LogP contribution is -2.33. The largest absolute Gasteiger partial charge is 0.497 e.